The van der Waals surface area contributed by atoms with Crippen LogP contribution < -0.4 is 0 Å². The Balaban J connectivity index is 4.03. The second-order valence-electron chi connectivity index (χ2n) is 7.83. The lowest BCUT2D eigenvalue weighted by molar-refractivity contribution is -0.146. The average Bonchev–Trinajstić information content (AvgIpc) is 2.54. The molecule has 0 aromatic rings. The minimum Gasteiger partial charge on any atom is -0.461 e. The summed E-state index contributed by atoms with van der Waals surface area (Å²) in [7, 11) is 0. The fraction of sp³-hybridized carbons (Fsp3) is 0.625. The number of ether oxygens (including phenoxy) is 1. The summed E-state index contributed by atoms with van der Waals surface area (Å²) in [4.78, 5) is 11.4. The molecule has 2 nitrogen and oxygen atoms in total. The van der Waals surface area contributed by atoms with Gasteiger partial charge in [-0.25, -0.2) is 0 Å². The summed E-state index contributed by atoms with van der Waals surface area (Å²) >= 11 is 0. The standard InChI is InChI=1S/C24H40O2/c1-19(2)11-8-12-21(5)13-9-14-22(6)15-10-16-23(7)17-18-26-24(25)20(3)4/h11,13,15,17,20H,8-10,12,14,16,18H2,1-7H3/b21-13+,22-15+,23-17+/i24+1. The molecular formula is C24H40O2. The zero-order chi connectivity index (χ0) is 19.9. The van der Waals surface area contributed by atoms with Crippen molar-refractivity contribution < 1.29 is 9.53 Å². The zero-order valence-corrected chi connectivity index (χ0v) is 18.2. The summed E-state index contributed by atoms with van der Waals surface area (Å²) in [5.41, 5.74) is 5.63. The molecule has 0 rings (SSSR count). The van der Waals surface area contributed by atoms with E-state index in [0.29, 0.717) is 6.61 Å². The molecule has 0 saturated heterocycles. The molecule has 0 saturated carbocycles. The van der Waals surface area contributed by atoms with Crippen molar-refractivity contribution in [2.75, 3.05) is 6.61 Å². The van der Waals surface area contributed by atoms with Gasteiger partial charge < -0.3 is 4.74 Å². The van der Waals surface area contributed by atoms with Crippen molar-refractivity contribution in [3.63, 3.8) is 0 Å². The molecule has 2 heteroatoms. The molecule has 0 radical (unpaired) electrons. The molecule has 26 heavy (non-hydrogen) atoms. The van der Waals surface area contributed by atoms with Crippen molar-refractivity contribution in [2.24, 2.45) is 5.92 Å². The lowest BCUT2D eigenvalue weighted by atomic mass is 10.0. The molecule has 0 heterocycles. The third-order valence-corrected chi connectivity index (χ3v) is 4.28. The molecule has 0 atom stereocenters. The Bertz CT molecular complexity index is 526. The van der Waals surface area contributed by atoms with Crippen LogP contribution in [0.4, 0.5) is 0 Å². The van der Waals surface area contributed by atoms with E-state index in [2.05, 4.69) is 52.8 Å². The molecule has 0 aliphatic rings. The molecule has 0 bridgehead atoms. The first-order valence-corrected chi connectivity index (χ1v) is 9.99. The zero-order valence-electron chi connectivity index (χ0n) is 18.2. The van der Waals surface area contributed by atoms with Gasteiger partial charge in [0.15, 0.2) is 0 Å². The highest BCUT2D eigenvalue weighted by Gasteiger charge is 2.06. The van der Waals surface area contributed by atoms with Crippen LogP contribution in [0.5, 0.6) is 0 Å². The molecule has 0 fully saturated rings. The summed E-state index contributed by atoms with van der Waals surface area (Å²) in [6, 6.07) is 0. The van der Waals surface area contributed by atoms with E-state index < -0.39 is 0 Å². The van der Waals surface area contributed by atoms with E-state index in [1.807, 2.05) is 19.9 Å². The predicted molar refractivity (Wildman–Crippen MR) is 114 cm³/mol. The Labute approximate surface area is 162 Å². The van der Waals surface area contributed by atoms with Gasteiger partial charge in [0, 0.05) is 0 Å². The van der Waals surface area contributed by atoms with Crippen LogP contribution in [-0.4, -0.2) is 12.6 Å². The van der Waals surface area contributed by atoms with Crippen LogP contribution in [0.2, 0.25) is 0 Å². The second kappa shape index (κ2) is 14.6. The monoisotopic (exact) mass is 361 g/mol. The van der Waals surface area contributed by atoms with Crippen molar-refractivity contribution in [2.45, 2.75) is 87.0 Å². The number of hydrogen-bond acceptors (Lipinski definition) is 2. The Hall–Kier alpha value is -1.57. The molecule has 0 aromatic carbocycles. The maximum absolute atomic E-state index is 11.4. The van der Waals surface area contributed by atoms with Crippen molar-refractivity contribution in [3.05, 3.63) is 46.6 Å². The van der Waals surface area contributed by atoms with Gasteiger partial charge in [-0.05, 0) is 79.2 Å². The Morgan fingerprint density at radius 3 is 1.58 bits per heavy atom. The molecule has 0 aliphatic carbocycles. The number of rotatable bonds is 12. The van der Waals surface area contributed by atoms with E-state index in [0.717, 1.165) is 32.1 Å². The minimum absolute atomic E-state index is 0.0563. The van der Waals surface area contributed by atoms with Crippen molar-refractivity contribution in [3.8, 4) is 0 Å². The van der Waals surface area contributed by atoms with E-state index in [4.69, 9.17) is 4.74 Å². The van der Waals surface area contributed by atoms with Crippen molar-refractivity contribution in [1.29, 1.82) is 0 Å². The number of hydrogen-bond donors (Lipinski definition) is 0. The summed E-state index contributed by atoms with van der Waals surface area (Å²) in [6.45, 7) is 15.0. The molecule has 0 amide bonds. The van der Waals surface area contributed by atoms with E-state index in [1.165, 1.54) is 28.7 Å². The van der Waals surface area contributed by atoms with Crippen LogP contribution >= 0.6 is 0 Å². The first kappa shape index (κ1) is 24.4. The predicted octanol–water partition coefficient (Wildman–Crippen LogP) is 7.33. The van der Waals surface area contributed by atoms with Gasteiger partial charge in [0.2, 0.25) is 0 Å². The molecule has 0 aromatic heterocycles. The summed E-state index contributed by atoms with van der Waals surface area (Å²) < 4.78 is 5.18. The van der Waals surface area contributed by atoms with Crippen LogP contribution in [0.1, 0.15) is 87.0 Å². The third-order valence-electron chi connectivity index (χ3n) is 4.28. The Kier molecular flexibility index (Phi) is 13.7. The molecule has 0 aliphatic heterocycles. The smallest absolute Gasteiger partial charge is 0.308 e. The van der Waals surface area contributed by atoms with E-state index in [-0.39, 0.29) is 11.9 Å². The van der Waals surface area contributed by atoms with Crippen LogP contribution in [-0.2, 0) is 9.53 Å². The van der Waals surface area contributed by atoms with Crippen molar-refractivity contribution in [1.82, 2.24) is 0 Å². The van der Waals surface area contributed by atoms with Gasteiger partial charge >= 0.3 is 5.97 Å². The van der Waals surface area contributed by atoms with Gasteiger partial charge in [0.1, 0.15) is 6.61 Å². The van der Waals surface area contributed by atoms with Gasteiger partial charge in [0.05, 0.1) is 5.92 Å². The first-order valence-electron chi connectivity index (χ1n) is 9.99. The van der Waals surface area contributed by atoms with Gasteiger partial charge in [-0.3, -0.25) is 4.79 Å². The van der Waals surface area contributed by atoms with Crippen LogP contribution in [0.15, 0.2) is 46.6 Å². The van der Waals surface area contributed by atoms with Crippen LogP contribution in [0.25, 0.3) is 0 Å². The largest absolute Gasteiger partial charge is 0.461 e. The molecule has 0 unspecified atom stereocenters. The summed E-state index contributed by atoms with van der Waals surface area (Å²) in [5, 5.41) is 0. The SMILES string of the molecule is CC(C)=CCC/C(C)=C/CC/C(C)=C/CC/C(C)=C/CO[13C](=O)C(C)C. The van der Waals surface area contributed by atoms with E-state index in [1.54, 1.807) is 0 Å². The van der Waals surface area contributed by atoms with Crippen molar-refractivity contribution >= 4 is 5.97 Å². The molecule has 0 N–H and O–H groups in total. The average molecular weight is 362 g/mol. The topological polar surface area (TPSA) is 26.3 Å². The number of allylic oxidation sites excluding steroid dienone is 7. The minimum atomic E-state index is -0.131. The number of carbonyl (C=O) groups is 1. The van der Waals surface area contributed by atoms with Gasteiger partial charge in [-0.2, -0.15) is 0 Å². The van der Waals surface area contributed by atoms with Crippen LogP contribution in [0, 0.1) is 5.92 Å². The molecule has 0 spiro atoms. The maximum Gasteiger partial charge on any atom is 0.308 e. The van der Waals surface area contributed by atoms with E-state index >= 15 is 0 Å². The summed E-state index contributed by atoms with van der Waals surface area (Å²) in [6.07, 6.45) is 15.7. The summed E-state index contributed by atoms with van der Waals surface area (Å²) in [5.74, 6) is -0.187. The lowest BCUT2D eigenvalue weighted by Gasteiger charge is -2.05. The third kappa shape index (κ3) is 14.7. The van der Waals surface area contributed by atoms with E-state index in [9.17, 15) is 4.79 Å². The maximum atomic E-state index is 11.4. The fourth-order valence-corrected chi connectivity index (χ4v) is 2.42. The fourth-order valence-electron chi connectivity index (χ4n) is 2.42. The quantitative estimate of drug-likeness (QED) is 0.206. The highest BCUT2D eigenvalue weighted by atomic mass is 16.6. The molecule has 148 valence electrons. The Morgan fingerprint density at radius 1 is 0.731 bits per heavy atom. The highest BCUT2D eigenvalue weighted by molar-refractivity contribution is 5.71. The number of esters is 1. The molecular weight excluding hydrogens is 321 g/mol. The van der Waals surface area contributed by atoms with Gasteiger partial charge in [0.25, 0.3) is 0 Å². The highest BCUT2D eigenvalue weighted by Crippen LogP contribution is 2.13. The van der Waals surface area contributed by atoms with Gasteiger partial charge in [-0.1, -0.05) is 54.4 Å². The van der Waals surface area contributed by atoms with Crippen LogP contribution in [0.3, 0.4) is 0 Å². The number of carbonyl (C=O) groups excluding carboxylic acids is 1. The van der Waals surface area contributed by atoms with Gasteiger partial charge in [-0.15, -0.1) is 0 Å². The lowest BCUT2D eigenvalue weighted by Crippen LogP contribution is -2.11. The normalized spacial score (nSPS) is 13.2. The second-order valence-corrected chi connectivity index (χ2v) is 7.83. The Morgan fingerprint density at radius 2 is 1.15 bits per heavy atom. The first-order chi connectivity index (χ1) is 12.2.